The SMILES string of the molecule is COc1ncnc2ccc(-c3ccn4nc(Nc5cnn(C)c5)ncc34)cc12. The minimum absolute atomic E-state index is 0.497. The molecule has 0 saturated heterocycles. The fraction of sp³-hybridized carbons (Fsp3) is 0.105. The minimum atomic E-state index is 0.497. The van der Waals surface area contributed by atoms with E-state index in [1.807, 2.05) is 43.7 Å². The van der Waals surface area contributed by atoms with Crippen molar-refractivity contribution in [1.29, 1.82) is 0 Å². The topological polar surface area (TPSA) is 95.0 Å². The number of hydrogen-bond acceptors (Lipinski definition) is 7. The summed E-state index contributed by atoms with van der Waals surface area (Å²) in [5.74, 6) is 1.05. The molecule has 0 fully saturated rings. The van der Waals surface area contributed by atoms with Crippen LogP contribution in [0.3, 0.4) is 0 Å². The Bertz CT molecular complexity index is 1310. The van der Waals surface area contributed by atoms with Crippen LogP contribution in [0.5, 0.6) is 5.88 Å². The number of aryl methyl sites for hydroxylation is 1. The first-order valence-corrected chi connectivity index (χ1v) is 8.60. The highest BCUT2D eigenvalue weighted by molar-refractivity contribution is 5.91. The van der Waals surface area contributed by atoms with E-state index in [1.54, 1.807) is 28.7 Å². The summed E-state index contributed by atoms with van der Waals surface area (Å²) in [6.45, 7) is 0. The molecule has 0 aliphatic rings. The molecule has 0 bridgehead atoms. The van der Waals surface area contributed by atoms with Crippen LogP contribution in [-0.2, 0) is 7.05 Å². The van der Waals surface area contributed by atoms with Crippen molar-refractivity contribution >= 4 is 28.1 Å². The number of aromatic nitrogens is 7. The zero-order chi connectivity index (χ0) is 19.1. The first-order chi connectivity index (χ1) is 13.7. The molecule has 5 rings (SSSR count). The van der Waals surface area contributed by atoms with Crippen LogP contribution in [-0.4, -0.2) is 41.5 Å². The van der Waals surface area contributed by atoms with Crippen molar-refractivity contribution < 1.29 is 4.74 Å². The van der Waals surface area contributed by atoms with E-state index in [1.165, 1.54) is 6.33 Å². The average molecular weight is 372 g/mol. The molecule has 9 nitrogen and oxygen atoms in total. The molecule has 0 amide bonds. The molecule has 4 heterocycles. The van der Waals surface area contributed by atoms with E-state index in [9.17, 15) is 0 Å². The predicted molar refractivity (Wildman–Crippen MR) is 105 cm³/mol. The first kappa shape index (κ1) is 16.2. The molecule has 0 saturated carbocycles. The summed E-state index contributed by atoms with van der Waals surface area (Å²) in [7, 11) is 3.46. The Morgan fingerprint density at radius 2 is 2.00 bits per heavy atom. The van der Waals surface area contributed by atoms with Crippen molar-refractivity contribution in [3.63, 3.8) is 0 Å². The lowest BCUT2D eigenvalue weighted by atomic mass is 10.1. The number of fused-ring (bicyclic) bond motifs is 2. The molecule has 0 spiro atoms. The van der Waals surface area contributed by atoms with Gasteiger partial charge in [-0.2, -0.15) is 5.10 Å². The highest BCUT2D eigenvalue weighted by Crippen LogP contribution is 2.30. The summed E-state index contributed by atoms with van der Waals surface area (Å²) in [4.78, 5) is 12.9. The maximum Gasteiger partial charge on any atom is 0.245 e. The number of anilines is 2. The minimum Gasteiger partial charge on any atom is -0.480 e. The predicted octanol–water partition coefficient (Wildman–Crippen LogP) is 2.83. The van der Waals surface area contributed by atoms with Gasteiger partial charge in [0.15, 0.2) is 0 Å². The highest BCUT2D eigenvalue weighted by atomic mass is 16.5. The van der Waals surface area contributed by atoms with Gasteiger partial charge in [-0.3, -0.25) is 4.68 Å². The van der Waals surface area contributed by atoms with E-state index in [4.69, 9.17) is 4.74 Å². The maximum absolute atomic E-state index is 5.37. The van der Waals surface area contributed by atoms with Crippen molar-refractivity contribution in [3.05, 3.63) is 55.4 Å². The summed E-state index contributed by atoms with van der Waals surface area (Å²) >= 11 is 0. The van der Waals surface area contributed by atoms with Crippen molar-refractivity contribution in [1.82, 2.24) is 34.3 Å². The maximum atomic E-state index is 5.37. The molecule has 138 valence electrons. The summed E-state index contributed by atoms with van der Waals surface area (Å²) < 4.78 is 8.88. The molecule has 5 aromatic rings. The Balaban J connectivity index is 1.55. The standard InChI is InChI=1S/C19H16N8O/c1-26-10-13(8-23-26)24-19-20-9-17-14(5-6-27(17)25-19)12-3-4-16-15(7-12)18(28-2)22-11-21-16/h3-11H,1-2H3,(H,24,25). The molecule has 0 radical (unpaired) electrons. The summed E-state index contributed by atoms with van der Waals surface area (Å²) in [5, 5.41) is 12.7. The number of nitrogens with one attached hydrogen (secondary N) is 1. The number of ether oxygens (including phenoxy) is 1. The van der Waals surface area contributed by atoms with Crippen LogP contribution in [0.1, 0.15) is 0 Å². The Morgan fingerprint density at radius 3 is 2.82 bits per heavy atom. The fourth-order valence-corrected chi connectivity index (χ4v) is 3.18. The van der Waals surface area contributed by atoms with Crippen LogP contribution < -0.4 is 10.1 Å². The van der Waals surface area contributed by atoms with Gasteiger partial charge in [0.05, 0.1) is 41.6 Å². The second-order valence-electron chi connectivity index (χ2n) is 6.28. The molecule has 0 atom stereocenters. The van der Waals surface area contributed by atoms with Gasteiger partial charge in [0.2, 0.25) is 11.8 Å². The molecule has 9 heteroatoms. The van der Waals surface area contributed by atoms with Crippen LogP contribution in [0.4, 0.5) is 11.6 Å². The van der Waals surface area contributed by atoms with Crippen LogP contribution in [0.2, 0.25) is 0 Å². The van der Waals surface area contributed by atoms with Crippen LogP contribution in [0.15, 0.2) is 55.4 Å². The zero-order valence-corrected chi connectivity index (χ0v) is 15.2. The van der Waals surface area contributed by atoms with Crippen LogP contribution in [0.25, 0.3) is 27.5 Å². The molecule has 28 heavy (non-hydrogen) atoms. The number of nitrogens with zero attached hydrogens (tertiary/aromatic N) is 7. The third-order valence-electron chi connectivity index (χ3n) is 4.48. The molecular formula is C19H16N8O. The van der Waals surface area contributed by atoms with Gasteiger partial charge in [-0.15, -0.1) is 5.10 Å². The van der Waals surface area contributed by atoms with Crippen LogP contribution >= 0.6 is 0 Å². The van der Waals surface area contributed by atoms with E-state index in [0.29, 0.717) is 11.8 Å². The largest absolute Gasteiger partial charge is 0.480 e. The summed E-state index contributed by atoms with van der Waals surface area (Å²) in [6, 6.07) is 8.00. The van der Waals surface area contributed by atoms with Gasteiger partial charge in [0, 0.05) is 25.0 Å². The van der Waals surface area contributed by atoms with Gasteiger partial charge >= 0.3 is 0 Å². The third kappa shape index (κ3) is 2.69. The van der Waals surface area contributed by atoms with Crippen molar-refractivity contribution in [2.45, 2.75) is 0 Å². The highest BCUT2D eigenvalue weighted by Gasteiger charge is 2.11. The van der Waals surface area contributed by atoms with E-state index in [0.717, 1.165) is 33.2 Å². The lowest BCUT2D eigenvalue weighted by molar-refractivity contribution is 0.402. The number of benzene rings is 1. The zero-order valence-electron chi connectivity index (χ0n) is 15.2. The monoisotopic (exact) mass is 372 g/mol. The van der Waals surface area contributed by atoms with Gasteiger partial charge in [0.1, 0.15) is 6.33 Å². The molecule has 0 aliphatic carbocycles. The number of rotatable bonds is 4. The summed E-state index contributed by atoms with van der Waals surface area (Å²) in [5.41, 5.74) is 4.58. The second-order valence-corrected chi connectivity index (χ2v) is 6.28. The average Bonchev–Trinajstić information content (AvgIpc) is 3.32. The van der Waals surface area contributed by atoms with E-state index >= 15 is 0 Å². The van der Waals surface area contributed by atoms with Crippen molar-refractivity contribution in [2.24, 2.45) is 7.05 Å². The molecule has 0 unspecified atom stereocenters. The number of methoxy groups -OCH3 is 1. The third-order valence-corrected chi connectivity index (χ3v) is 4.48. The lowest BCUT2D eigenvalue weighted by Crippen LogP contribution is -2.00. The summed E-state index contributed by atoms with van der Waals surface area (Å²) in [6.07, 6.45) is 8.78. The molecular weight excluding hydrogens is 356 g/mol. The first-order valence-electron chi connectivity index (χ1n) is 8.60. The second kappa shape index (κ2) is 6.31. The lowest BCUT2D eigenvalue weighted by Gasteiger charge is -2.06. The van der Waals surface area contributed by atoms with Gasteiger partial charge in [-0.25, -0.2) is 19.5 Å². The number of hydrogen-bond donors (Lipinski definition) is 1. The van der Waals surface area contributed by atoms with E-state index in [2.05, 4.69) is 30.5 Å². The van der Waals surface area contributed by atoms with Crippen molar-refractivity contribution in [3.8, 4) is 17.0 Å². The van der Waals surface area contributed by atoms with Crippen molar-refractivity contribution in [2.75, 3.05) is 12.4 Å². The molecule has 0 aliphatic heterocycles. The van der Waals surface area contributed by atoms with Gasteiger partial charge in [-0.1, -0.05) is 6.07 Å². The Hall–Kier alpha value is -4.01. The van der Waals surface area contributed by atoms with Gasteiger partial charge < -0.3 is 10.1 Å². The Labute approximate surface area is 159 Å². The van der Waals surface area contributed by atoms with E-state index in [-0.39, 0.29) is 0 Å². The normalized spacial score (nSPS) is 11.2. The Morgan fingerprint density at radius 1 is 1.07 bits per heavy atom. The van der Waals surface area contributed by atoms with Gasteiger partial charge in [-0.05, 0) is 23.8 Å². The Kier molecular flexibility index (Phi) is 3.64. The van der Waals surface area contributed by atoms with Crippen LogP contribution in [0, 0.1) is 0 Å². The van der Waals surface area contributed by atoms with Gasteiger partial charge in [0.25, 0.3) is 0 Å². The fourth-order valence-electron chi connectivity index (χ4n) is 3.18. The molecule has 1 N–H and O–H groups in total. The van der Waals surface area contributed by atoms with E-state index < -0.39 is 0 Å². The smallest absolute Gasteiger partial charge is 0.245 e. The molecule has 4 aromatic heterocycles. The molecule has 1 aromatic carbocycles. The quantitative estimate of drug-likeness (QED) is 0.518.